The molecule has 0 aliphatic carbocycles. The normalized spacial score (nSPS) is 22.2. The minimum atomic E-state index is -0.286. The molecule has 2 N–H and O–H groups in total. The van der Waals surface area contributed by atoms with E-state index in [1.54, 1.807) is 11.3 Å². The maximum Gasteiger partial charge on any atom is 0.0690 e. The zero-order valence-corrected chi connectivity index (χ0v) is 12.3. The van der Waals surface area contributed by atoms with E-state index in [0.29, 0.717) is 0 Å². The van der Waals surface area contributed by atoms with Gasteiger partial charge in [0.25, 0.3) is 0 Å². The molecule has 1 atom stereocenters. The van der Waals surface area contributed by atoms with Gasteiger partial charge < -0.3 is 10.4 Å². The molecular weight excluding hydrogens is 274 g/mol. The second-order valence-electron chi connectivity index (χ2n) is 4.77. The molecule has 4 heteroatoms. The number of benzene rings is 1. The van der Waals surface area contributed by atoms with Crippen LogP contribution in [0.25, 0.3) is 0 Å². The van der Waals surface area contributed by atoms with E-state index in [4.69, 9.17) is 0 Å². The van der Waals surface area contributed by atoms with E-state index in [2.05, 4.69) is 47.1 Å². The predicted octanol–water partition coefficient (Wildman–Crippen LogP) is 3.22. The van der Waals surface area contributed by atoms with Gasteiger partial charge in [-0.05, 0) is 29.5 Å². The average molecular weight is 291 g/mol. The van der Waals surface area contributed by atoms with Gasteiger partial charge in [0.2, 0.25) is 0 Å². The summed E-state index contributed by atoms with van der Waals surface area (Å²) in [6.07, 6.45) is 0.969. The topological polar surface area (TPSA) is 32.3 Å². The molecule has 2 heterocycles. The van der Waals surface area contributed by atoms with Crippen molar-refractivity contribution < 1.29 is 5.11 Å². The van der Waals surface area contributed by atoms with E-state index < -0.39 is 0 Å². The van der Waals surface area contributed by atoms with Gasteiger partial charge in [-0.2, -0.15) is 0 Å². The largest absolute Gasteiger partial charge is 0.394 e. The first-order valence-corrected chi connectivity index (χ1v) is 8.31. The summed E-state index contributed by atoms with van der Waals surface area (Å²) in [6.45, 7) is 0.965. The van der Waals surface area contributed by atoms with Gasteiger partial charge in [0, 0.05) is 22.1 Å². The lowest BCUT2D eigenvalue weighted by atomic mass is 9.87. The van der Waals surface area contributed by atoms with E-state index in [1.165, 1.54) is 15.3 Å². The fourth-order valence-corrected chi connectivity index (χ4v) is 4.44. The number of hydrogen-bond donors (Lipinski definition) is 2. The lowest BCUT2D eigenvalue weighted by Gasteiger charge is -2.38. The number of thioether (sulfide) groups is 1. The Bertz CT molecular complexity index is 541. The van der Waals surface area contributed by atoms with E-state index in [0.717, 1.165) is 18.7 Å². The summed E-state index contributed by atoms with van der Waals surface area (Å²) in [7, 11) is 0. The van der Waals surface area contributed by atoms with Crippen molar-refractivity contribution in [2.75, 3.05) is 12.4 Å². The van der Waals surface area contributed by atoms with Gasteiger partial charge in [-0.25, -0.2) is 0 Å². The molecule has 19 heavy (non-hydrogen) atoms. The van der Waals surface area contributed by atoms with Crippen LogP contribution in [-0.2, 0) is 12.1 Å². The van der Waals surface area contributed by atoms with Crippen LogP contribution < -0.4 is 5.32 Å². The van der Waals surface area contributed by atoms with Crippen LogP contribution in [0.5, 0.6) is 0 Å². The summed E-state index contributed by atoms with van der Waals surface area (Å²) in [5, 5.41) is 15.6. The van der Waals surface area contributed by atoms with Gasteiger partial charge in [-0.1, -0.05) is 24.3 Å². The first kappa shape index (κ1) is 13.2. The number of nitrogens with one attached hydrogen (secondary N) is 1. The quantitative estimate of drug-likeness (QED) is 0.907. The molecule has 2 aromatic rings. The van der Waals surface area contributed by atoms with Crippen LogP contribution in [0.4, 0.5) is 0 Å². The van der Waals surface area contributed by atoms with E-state index >= 15 is 0 Å². The summed E-state index contributed by atoms with van der Waals surface area (Å²) in [5.74, 6) is 1.05. The summed E-state index contributed by atoms with van der Waals surface area (Å²) < 4.78 is 0. The van der Waals surface area contributed by atoms with Crippen molar-refractivity contribution in [3.63, 3.8) is 0 Å². The second kappa shape index (κ2) is 5.67. The summed E-state index contributed by atoms with van der Waals surface area (Å²) in [6, 6.07) is 12.6. The molecule has 0 spiro atoms. The minimum absolute atomic E-state index is 0.149. The number of rotatable bonds is 4. The summed E-state index contributed by atoms with van der Waals surface area (Å²) >= 11 is 3.63. The molecule has 0 bridgehead atoms. The second-order valence-corrected chi connectivity index (χ2v) is 6.94. The first-order chi connectivity index (χ1) is 9.34. The summed E-state index contributed by atoms with van der Waals surface area (Å²) in [5.41, 5.74) is 0.955. The van der Waals surface area contributed by atoms with Crippen molar-refractivity contribution in [2.45, 2.75) is 23.4 Å². The summed E-state index contributed by atoms with van der Waals surface area (Å²) in [4.78, 5) is 2.60. The first-order valence-electron chi connectivity index (χ1n) is 6.45. The zero-order chi connectivity index (χ0) is 13.1. The third kappa shape index (κ3) is 2.58. The monoisotopic (exact) mass is 291 g/mol. The van der Waals surface area contributed by atoms with Crippen molar-refractivity contribution in [1.82, 2.24) is 5.32 Å². The molecule has 1 aliphatic heterocycles. The number of thiophene rings is 1. The number of aliphatic hydroxyl groups excluding tert-OH is 1. The Morgan fingerprint density at radius 2 is 2.11 bits per heavy atom. The Hall–Kier alpha value is -0.810. The van der Waals surface area contributed by atoms with Gasteiger partial charge >= 0.3 is 0 Å². The van der Waals surface area contributed by atoms with Crippen LogP contribution in [0.1, 0.15) is 16.9 Å². The molecule has 3 rings (SSSR count). The van der Waals surface area contributed by atoms with Crippen LogP contribution in [0.2, 0.25) is 0 Å². The fourth-order valence-electron chi connectivity index (χ4n) is 2.53. The molecule has 0 saturated heterocycles. The zero-order valence-electron chi connectivity index (χ0n) is 10.6. The van der Waals surface area contributed by atoms with E-state index in [-0.39, 0.29) is 12.1 Å². The number of aliphatic hydroxyl groups is 1. The maximum atomic E-state index is 9.95. The van der Waals surface area contributed by atoms with Gasteiger partial charge in [-0.3, -0.25) is 0 Å². The van der Waals surface area contributed by atoms with Crippen molar-refractivity contribution in [3.05, 3.63) is 52.2 Å². The highest BCUT2D eigenvalue weighted by molar-refractivity contribution is 7.99. The Labute approximate surface area is 121 Å². The predicted molar refractivity (Wildman–Crippen MR) is 81.7 cm³/mol. The molecule has 1 unspecified atom stereocenters. The third-order valence-corrected chi connectivity index (χ3v) is 5.59. The smallest absolute Gasteiger partial charge is 0.0690 e. The van der Waals surface area contributed by atoms with E-state index in [9.17, 15) is 5.11 Å². The molecule has 0 fully saturated rings. The van der Waals surface area contributed by atoms with Crippen molar-refractivity contribution >= 4 is 23.1 Å². The van der Waals surface area contributed by atoms with Gasteiger partial charge in [0.15, 0.2) is 0 Å². The molecule has 0 amide bonds. The molecule has 1 aromatic carbocycles. The molecule has 100 valence electrons. The van der Waals surface area contributed by atoms with Gasteiger partial charge in [0.05, 0.1) is 12.1 Å². The highest BCUT2D eigenvalue weighted by atomic mass is 32.2. The lowest BCUT2D eigenvalue weighted by molar-refractivity contribution is 0.151. The minimum Gasteiger partial charge on any atom is -0.394 e. The highest BCUT2D eigenvalue weighted by Crippen LogP contribution is 2.40. The van der Waals surface area contributed by atoms with E-state index in [1.807, 2.05) is 11.8 Å². The molecule has 1 aromatic heterocycles. The van der Waals surface area contributed by atoms with Crippen LogP contribution in [0.15, 0.2) is 46.7 Å². The fraction of sp³-hybridized carbons (Fsp3) is 0.333. The Morgan fingerprint density at radius 1 is 1.21 bits per heavy atom. The molecule has 0 radical (unpaired) electrons. The lowest BCUT2D eigenvalue weighted by Crippen LogP contribution is -2.47. The third-order valence-electron chi connectivity index (χ3n) is 3.64. The van der Waals surface area contributed by atoms with Crippen LogP contribution >= 0.6 is 23.1 Å². The Balaban J connectivity index is 1.87. The van der Waals surface area contributed by atoms with Crippen molar-refractivity contribution in [3.8, 4) is 0 Å². The average Bonchev–Trinajstić information content (AvgIpc) is 2.98. The van der Waals surface area contributed by atoms with Crippen LogP contribution in [-0.4, -0.2) is 17.5 Å². The number of hydrogen-bond acceptors (Lipinski definition) is 4. The van der Waals surface area contributed by atoms with Crippen LogP contribution in [0.3, 0.4) is 0 Å². The Kier molecular flexibility index (Phi) is 3.93. The maximum absolute atomic E-state index is 9.95. The standard InChI is InChI=1S/C15H17NOS2/c17-11-15(16-10-12-4-3-8-18-12)7-9-19-14-6-2-1-5-13(14)15/h1-6,8,16-17H,7,9-11H2. The van der Waals surface area contributed by atoms with Crippen LogP contribution in [0, 0.1) is 0 Å². The number of fused-ring (bicyclic) bond motifs is 1. The van der Waals surface area contributed by atoms with Gasteiger partial charge in [0.1, 0.15) is 0 Å². The van der Waals surface area contributed by atoms with Gasteiger partial charge in [-0.15, -0.1) is 23.1 Å². The highest BCUT2D eigenvalue weighted by Gasteiger charge is 2.35. The molecule has 0 saturated carbocycles. The molecule has 2 nitrogen and oxygen atoms in total. The Morgan fingerprint density at radius 3 is 2.89 bits per heavy atom. The molecule has 1 aliphatic rings. The van der Waals surface area contributed by atoms with Crippen molar-refractivity contribution in [1.29, 1.82) is 0 Å². The SMILES string of the molecule is OCC1(NCc2cccs2)CCSc2ccccc21. The van der Waals surface area contributed by atoms with Crippen molar-refractivity contribution in [2.24, 2.45) is 0 Å². The molecular formula is C15H17NOS2.